The van der Waals surface area contributed by atoms with Crippen molar-refractivity contribution in [1.29, 1.82) is 0 Å². The van der Waals surface area contributed by atoms with Crippen LogP contribution in [0.3, 0.4) is 0 Å². The highest BCUT2D eigenvalue weighted by atomic mass is 79.9. The Morgan fingerprint density at radius 2 is 2.10 bits per heavy atom. The number of hydrogen-bond donors (Lipinski definition) is 1. The highest BCUT2D eigenvalue weighted by Crippen LogP contribution is 2.20. The van der Waals surface area contributed by atoms with E-state index >= 15 is 0 Å². The van der Waals surface area contributed by atoms with Gasteiger partial charge in [0.2, 0.25) is 0 Å². The Morgan fingerprint density at radius 1 is 1.33 bits per heavy atom. The third-order valence-corrected chi connectivity index (χ3v) is 4.88. The summed E-state index contributed by atoms with van der Waals surface area (Å²) >= 11 is 3.45. The van der Waals surface area contributed by atoms with Crippen molar-refractivity contribution < 1.29 is 9.53 Å². The van der Waals surface area contributed by atoms with Gasteiger partial charge in [-0.25, -0.2) is 0 Å². The fourth-order valence-electron chi connectivity index (χ4n) is 2.70. The van der Waals surface area contributed by atoms with E-state index in [1.54, 1.807) is 0 Å². The number of rotatable bonds is 6. The van der Waals surface area contributed by atoms with E-state index in [0.29, 0.717) is 12.6 Å². The smallest absolute Gasteiger partial charge is 0.251 e. The lowest BCUT2D eigenvalue weighted by Gasteiger charge is -2.21. The molecule has 0 bridgehead atoms. The highest BCUT2D eigenvalue weighted by Gasteiger charge is 2.13. The van der Waals surface area contributed by atoms with Gasteiger partial charge < -0.3 is 10.1 Å². The van der Waals surface area contributed by atoms with Gasteiger partial charge in [0.05, 0.1) is 6.10 Å². The summed E-state index contributed by atoms with van der Waals surface area (Å²) in [5.41, 5.74) is 1.71. The second kappa shape index (κ2) is 8.54. The molecule has 1 N–H and O–H groups in total. The van der Waals surface area contributed by atoms with E-state index in [-0.39, 0.29) is 5.91 Å². The molecule has 3 nitrogen and oxygen atoms in total. The van der Waals surface area contributed by atoms with Crippen LogP contribution in [0.15, 0.2) is 22.7 Å². The average molecular weight is 354 g/mol. The Balaban J connectivity index is 1.66. The van der Waals surface area contributed by atoms with Crippen LogP contribution in [0.5, 0.6) is 0 Å². The van der Waals surface area contributed by atoms with Gasteiger partial charge in [-0.05, 0) is 43.9 Å². The van der Waals surface area contributed by atoms with Crippen LogP contribution in [-0.4, -0.2) is 25.2 Å². The van der Waals surface area contributed by atoms with Crippen molar-refractivity contribution in [3.63, 3.8) is 0 Å². The number of halogens is 1. The van der Waals surface area contributed by atoms with Crippen LogP contribution in [0, 0.1) is 6.92 Å². The largest absolute Gasteiger partial charge is 0.378 e. The summed E-state index contributed by atoms with van der Waals surface area (Å²) in [5.74, 6) is -0.00790. The molecule has 0 saturated heterocycles. The van der Waals surface area contributed by atoms with Crippen LogP contribution in [0.2, 0.25) is 0 Å². The van der Waals surface area contributed by atoms with Gasteiger partial charge in [0.15, 0.2) is 0 Å². The number of benzene rings is 1. The van der Waals surface area contributed by atoms with Crippen molar-refractivity contribution in [2.24, 2.45) is 0 Å². The lowest BCUT2D eigenvalue weighted by Crippen LogP contribution is -2.26. The van der Waals surface area contributed by atoms with Crippen LogP contribution in [-0.2, 0) is 4.74 Å². The van der Waals surface area contributed by atoms with E-state index < -0.39 is 0 Å². The SMILES string of the molecule is Cc1c(Br)cccc1C(=O)NCCCOC1CCCCC1. The van der Waals surface area contributed by atoms with Crippen LogP contribution >= 0.6 is 15.9 Å². The Hall–Kier alpha value is -0.870. The summed E-state index contributed by atoms with van der Waals surface area (Å²) in [7, 11) is 0. The van der Waals surface area contributed by atoms with E-state index in [1.165, 1.54) is 32.1 Å². The second-order valence-electron chi connectivity index (χ2n) is 5.65. The predicted molar refractivity (Wildman–Crippen MR) is 88.7 cm³/mol. The van der Waals surface area contributed by atoms with E-state index in [9.17, 15) is 4.79 Å². The molecular formula is C17H24BrNO2. The van der Waals surface area contributed by atoms with Crippen molar-refractivity contribution in [3.8, 4) is 0 Å². The number of carbonyl (C=O) groups excluding carboxylic acids is 1. The Kier molecular flexibility index (Phi) is 6.71. The molecule has 0 unspecified atom stereocenters. The van der Waals surface area contributed by atoms with Crippen molar-refractivity contribution >= 4 is 21.8 Å². The average Bonchev–Trinajstić information content (AvgIpc) is 2.50. The minimum absolute atomic E-state index is 0.00790. The maximum atomic E-state index is 12.1. The monoisotopic (exact) mass is 353 g/mol. The van der Waals surface area contributed by atoms with Crippen LogP contribution < -0.4 is 5.32 Å². The first-order valence-corrected chi connectivity index (χ1v) is 8.62. The molecule has 1 saturated carbocycles. The maximum Gasteiger partial charge on any atom is 0.251 e. The van der Waals surface area contributed by atoms with E-state index in [1.807, 2.05) is 25.1 Å². The molecule has 2 rings (SSSR count). The van der Waals surface area contributed by atoms with Crippen LogP contribution in [0.25, 0.3) is 0 Å². The number of hydrogen-bond acceptors (Lipinski definition) is 2. The first-order valence-electron chi connectivity index (χ1n) is 7.83. The van der Waals surface area contributed by atoms with Gasteiger partial charge in [-0.1, -0.05) is 41.3 Å². The quantitative estimate of drug-likeness (QED) is 0.777. The van der Waals surface area contributed by atoms with Gasteiger partial charge >= 0.3 is 0 Å². The Labute approximate surface area is 135 Å². The van der Waals surface area contributed by atoms with Crippen molar-refractivity contribution in [1.82, 2.24) is 5.32 Å². The molecule has 0 aliphatic heterocycles. The van der Waals surface area contributed by atoms with E-state index in [4.69, 9.17) is 4.74 Å². The van der Waals surface area contributed by atoms with Crippen LogP contribution in [0.1, 0.15) is 54.4 Å². The van der Waals surface area contributed by atoms with Gasteiger partial charge in [-0.15, -0.1) is 0 Å². The van der Waals surface area contributed by atoms with E-state index in [2.05, 4.69) is 21.2 Å². The molecule has 1 aliphatic carbocycles. The molecule has 1 fully saturated rings. The molecule has 0 spiro atoms. The molecule has 0 aromatic heterocycles. The molecule has 116 valence electrons. The summed E-state index contributed by atoms with van der Waals surface area (Å²) in [5, 5.41) is 2.96. The predicted octanol–water partition coefficient (Wildman–Crippen LogP) is 4.23. The number of ether oxygens (including phenoxy) is 1. The van der Waals surface area contributed by atoms with Crippen molar-refractivity contribution in [3.05, 3.63) is 33.8 Å². The van der Waals surface area contributed by atoms with Crippen molar-refractivity contribution in [2.45, 2.75) is 51.6 Å². The highest BCUT2D eigenvalue weighted by molar-refractivity contribution is 9.10. The molecule has 1 aromatic carbocycles. The Morgan fingerprint density at radius 3 is 2.86 bits per heavy atom. The number of amides is 1. The molecule has 1 aliphatic rings. The molecule has 0 atom stereocenters. The molecule has 4 heteroatoms. The molecule has 0 heterocycles. The minimum atomic E-state index is -0.00790. The van der Waals surface area contributed by atoms with Gasteiger partial charge in [-0.2, -0.15) is 0 Å². The lowest BCUT2D eigenvalue weighted by molar-refractivity contribution is 0.0273. The zero-order valence-electron chi connectivity index (χ0n) is 12.7. The summed E-state index contributed by atoms with van der Waals surface area (Å²) < 4.78 is 6.82. The lowest BCUT2D eigenvalue weighted by atomic mass is 9.98. The minimum Gasteiger partial charge on any atom is -0.378 e. The molecular weight excluding hydrogens is 330 g/mol. The maximum absolute atomic E-state index is 12.1. The first-order chi connectivity index (χ1) is 10.2. The molecule has 1 amide bonds. The summed E-state index contributed by atoms with van der Waals surface area (Å²) in [6.45, 7) is 3.35. The van der Waals surface area contributed by atoms with Gasteiger partial charge in [0, 0.05) is 23.2 Å². The zero-order chi connectivity index (χ0) is 15.1. The third-order valence-electron chi connectivity index (χ3n) is 4.02. The normalized spacial score (nSPS) is 15.9. The summed E-state index contributed by atoms with van der Waals surface area (Å²) in [4.78, 5) is 12.1. The third kappa shape index (κ3) is 5.11. The first kappa shape index (κ1) is 16.5. The summed E-state index contributed by atoms with van der Waals surface area (Å²) in [6, 6.07) is 5.69. The molecule has 1 aromatic rings. The topological polar surface area (TPSA) is 38.3 Å². The molecule has 21 heavy (non-hydrogen) atoms. The van der Waals surface area contributed by atoms with Gasteiger partial charge in [0.1, 0.15) is 0 Å². The standard InChI is InChI=1S/C17H24BrNO2/c1-13-15(9-5-10-16(13)18)17(20)19-11-6-12-21-14-7-3-2-4-8-14/h5,9-10,14H,2-4,6-8,11-12H2,1H3,(H,19,20). The van der Waals surface area contributed by atoms with Gasteiger partial charge in [0.25, 0.3) is 5.91 Å². The Bertz CT molecular complexity index is 470. The fraction of sp³-hybridized carbons (Fsp3) is 0.588. The van der Waals surface area contributed by atoms with Crippen LogP contribution in [0.4, 0.5) is 0 Å². The van der Waals surface area contributed by atoms with E-state index in [0.717, 1.165) is 28.6 Å². The van der Waals surface area contributed by atoms with Crippen molar-refractivity contribution in [2.75, 3.05) is 13.2 Å². The number of nitrogens with one attached hydrogen (secondary N) is 1. The second-order valence-corrected chi connectivity index (χ2v) is 6.51. The fourth-order valence-corrected chi connectivity index (χ4v) is 3.07. The van der Waals surface area contributed by atoms with Gasteiger partial charge in [-0.3, -0.25) is 4.79 Å². The molecule has 0 radical (unpaired) electrons. The number of carbonyl (C=O) groups is 1. The zero-order valence-corrected chi connectivity index (χ0v) is 14.2. The summed E-state index contributed by atoms with van der Waals surface area (Å²) in [6.07, 6.45) is 7.65.